The topological polar surface area (TPSA) is 93.2 Å². The van der Waals surface area contributed by atoms with Gasteiger partial charge in [0, 0.05) is 44.8 Å². The third-order valence-corrected chi connectivity index (χ3v) is 6.26. The molecular weight excluding hydrogens is 431 g/mol. The minimum atomic E-state index is -0.645. The summed E-state index contributed by atoms with van der Waals surface area (Å²) in [6.45, 7) is 3.68. The summed E-state index contributed by atoms with van der Waals surface area (Å²) >= 11 is 11.9. The molecule has 2 fully saturated rings. The number of carbonyl (C=O) groups is 3. The van der Waals surface area contributed by atoms with E-state index in [2.05, 4.69) is 5.32 Å². The Morgan fingerprint density at radius 1 is 1.20 bits per heavy atom. The van der Waals surface area contributed by atoms with E-state index in [1.165, 1.54) is 4.90 Å². The summed E-state index contributed by atoms with van der Waals surface area (Å²) in [5, 5.41) is 13.2. The minimum Gasteiger partial charge on any atom is -0.391 e. The van der Waals surface area contributed by atoms with Crippen LogP contribution in [-0.4, -0.2) is 82.5 Å². The van der Waals surface area contributed by atoms with Crippen LogP contribution >= 0.6 is 23.2 Å². The number of piperazine rings is 1. The van der Waals surface area contributed by atoms with Gasteiger partial charge in [0.05, 0.1) is 16.1 Å². The van der Waals surface area contributed by atoms with E-state index in [1.807, 2.05) is 0 Å². The molecule has 0 aromatic heterocycles. The van der Waals surface area contributed by atoms with Crippen LogP contribution in [0.2, 0.25) is 10.0 Å². The number of hydrogen-bond donors (Lipinski definition) is 2. The monoisotopic (exact) mass is 456 g/mol. The Bertz CT molecular complexity index is 822. The van der Waals surface area contributed by atoms with Gasteiger partial charge < -0.3 is 25.1 Å². The standard InChI is InChI=1S/C20H26Cl2N4O4/c1-13-19(29)24(8-6-18(28)25-7-2-3-15(27)12-25)9-10-26(13)20(30)23-14-4-5-16(21)17(22)11-14/h4-5,11,13,15,27H,2-3,6-10,12H2,1H3,(H,23,30)/t13-,15-/m0/s1. The van der Waals surface area contributed by atoms with Crippen molar-refractivity contribution in [3.63, 3.8) is 0 Å². The molecule has 1 aromatic carbocycles. The van der Waals surface area contributed by atoms with E-state index in [4.69, 9.17) is 23.2 Å². The predicted molar refractivity (Wildman–Crippen MR) is 115 cm³/mol. The highest BCUT2D eigenvalue weighted by atomic mass is 35.5. The van der Waals surface area contributed by atoms with Crippen LogP contribution in [0.5, 0.6) is 0 Å². The number of carbonyl (C=O) groups excluding carboxylic acids is 3. The highest BCUT2D eigenvalue weighted by molar-refractivity contribution is 6.42. The average molecular weight is 457 g/mol. The number of benzene rings is 1. The summed E-state index contributed by atoms with van der Waals surface area (Å²) in [4.78, 5) is 42.5. The smallest absolute Gasteiger partial charge is 0.322 e. The summed E-state index contributed by atoms with van der Waals surface area (Å²) < 4.78 is 0. The lowest BCUT2D eigenvalue weighted by atomic mass is 10.1. The number of amides is 4. The molecule has 0 saturated carbocycles. The highest BCUT2D eigenvalue weighted by Gasteiger charge is 2.34. The van der Waals surface area contributed by atoms with Crippen LogP contribution in [0.1, 0.15) is 26.2 Å². The summed E-state index contributed by atoms with van der Waals surface area (Å²) in [5.74, 6) is -0.258. The zero-order chi connectivity index (χ0) is 21.8. The fourth-order valence-electron chi connectivity index (χ4n) is 3.77. The molecule has 1 aromatic rings. The Kier molecular flexibility index (Phi) is 7.44. The second kappa shape index (κ2) is 9.85. The van der Waals surface area contributed by atoms with Gasteiger partial charge in [0.15, 0.2) is 0 Å². The Labute approximate surface area is 185 Å². The number of nitrogens with one attached hydrogen (secondary N) is 1. The lowest BCUT2D eigenvalue weighted by molar-refractivity contribution is -0.141. The molecule has 10 heteroatoms. The number of likely N-dealkylation sites (tertiary alicyclic amines) is 1. The molecule has 0 spiro atoms. The number of aliphatic hydroxyl groups is 1. The van der Waals surface area contributed by atoms with Gasteiger partial charge in [-0.2, -0.15) is 0 Å². The first kappa shape index (κ1) is 22.7. The molecule has 0 aliphatic carbocycles. The van der Waals surface area contributed by atoms with Crippen molar-refractivity contribution in [2.24, 2.45) is 0 Å². The molecule has 164 valence electrons. The number of anilines is 1. The van der Waals surface area contributed by atoms with Crippen molar-refractivity contribution in [3.05, 3.63) is 28.2 Å². The normalized spacial score (nSPS) is 22.3. The van der Waals surface area contributed by atoms with E-state index >= 15 is 0 Å². The first-order valence-electron chi connectivity index (χ1n) is 10.0. The van der Waals surface area contributed by atoms with E-state index in [0.29, 0.717) is 54.9 Å². The molecule has 0 unspecified atom stereocenters. The Balaban J connectivity index is 1.52. The van der Waals surface area contributed by atoms with E-state index in [-0.39, 0.29) is 18.2 Å². The van der Waals surface area contributed by atoms with Gasteiger partial charge in [0.2, 0.25) is 11.8 Å². The number of nitrogens with zero attached hydrogens (tertiary/aromatic N) is 3. The molecule has 0 bridgehead atoms. The lowest BCUT2D eigenvalue weighted by Gasteiger charge is -2.39. The van der Waals surface area contributed by atoms with Crippen molar-refractivity contribution in [1.29, 1.82) is 0 Å². The van der Waals surface area contributed by atoms with Crippen LogP contribution in [0, 0.1) is 0 Å². The predicted octanol–water partition coefficient (Wildman–Crippen LogP) is 2.43. The van der Waals surface area contributed by atoms with Gasteiger partial charge in [-0.3, -0.25) is 9.59 Å². The van der Waals surface area contributed by atoms with Gasteiger partial charge >= 0.3 is 6.03 Å². The third kappa shape index (κ3) is 5.36. The van der Waals surface area contributed by atoms with Crippen LogP contribution in [-0.2, 0) is 9.59 Å². The number of aliphatic hydroxyl groups excluding tert-OH is 1. The van der Waals surface area contributed by atoms with Gasteiger partial charge in [0.25, 0.3) is 0 Å². The third-order valence-electron chi connectivity index (χ3n) is 5.52. The largest absolute Gasteiger partial charge is 0.391 e. The van der Waals surface area contributed by atoms with E-state index < -0.39 is 18.2 Å². The Morgan fingerprint density at radius 2 is 1.97 bits per heavy atom. The van der Waals surface area contributed by atoms with Crippen molar-refractivity contribution < 1.29 is 19.5 Å². The van der Waals surface area contributed by atoms with Crippen LogP contribution in [0.3, 0.4) is 0 Å². The van der Waals surface area contributed by atoms with E-state index in [1.54, 1.807) is 34.9 Å². The van der Waals surface area contributed by atoms with Gasteiger partial charge in [-0.25, -0.2) is 4.79 Å². The van der Waals surface area contributed by atoms with Gasteiger partial charge in [-0.1, -0.05) is 23.2 Å². The van der Waals surface area contributed by atoms with Gasteiger partial charge in [-0.05, 0) is 38.0 Å². The lowest BCUT2D eigenvalue weighted by Crippen LogP contribution is -2.58. The van der Waals surface area contributed by atoms with Crippen molar-refractivity contribution in [1.82, 2.24) is 14.7 Å². The zero-order valence-electron chi connectivity index (χ0n) is 16.8. The van der Waals surface area contributed by atoms with Crippen LogP contribution in [0.25, 0.3) is 0 Å². The van der Waals surface area contributed by atoms with Crippen LogP contribution in [0.4, 0.5) is 10.5 Å². The number of urea groups is 1. The number of halogens is 2. The van der Waals surface area contributed by atoms with Gasteiger partial charge in [0.1, 0.15) is 6.04 Å². The van der Waals surface area contributed by atoms with Crippen LogP contribution < -0.4 is 5.32 Å². The molecule has 2 N–H and O–H groups in total. The van der Waals surface area contributed by atoms with Crippen molar-refractivity contribution in [2.75, 3.05) is 38.0 Å². The zero-order valence-corrected chi connectivity index (χ0v) is 18.3. The summed E-state index contributed by atoms with van der Waals surface area (Å²) in [5.41, 5.74) is 0.491. The molecule has 2 aliphatic heterocycles. The fraction of sp³-hybridized carbons (Fsp3) is 0.550. The van der Waals surface area contributed by atoms with Crippen molar-refractivity contribution in [2.45, 2.75) is 38.3 Å². The molecular formula is C20H26Cl2N4O4. The maximum absolute atomic E-state index is 12.7. The minimum absolute atomic E-state index is 0.0611. The number of β-amino-alcohol motifs (C(OH)–C–C–N with tert-alkyl or cyclic N) is 1. The van der Waals surface area contributed by atoms with Crippen molar-refractivity contribution >= 4 is 46.7 Å². The number of piperidine rings is 1. The summed E-state index contributed by atoms with van der Waals surface area (Å²) in [6.07, 6.45) is 1.24. The van der Waals surface area contributed by atoms with E-state index in [0.717, 1.165) is 6.42 Å². The summed E-state index contributed by atoms with van der Waals surface area (Å²) in [6, 6.07) is 3.73. The molecule has 3 rings (SSSR count). The number of rotatable bonds is 4. The second-order valence-electron chi connectivity index (χ2n) is 7.64. The van der Waals surface area contributed by atoms with Crippen molar-refractivity contribution in [3.8, 4) is 0 Å². The second-order valence-corrected chi connectivity index (χ2v) is 8.45. The Hall–Kier alpha value is -2.03. The number of hydrogen-bond acceptors (Lipinski definition) is 4. The van der Waals surface area contributed by atoms with E-state index in [9.17, 15) is 19.5 Å². The first-order chi connectivity index (χ1) is 14.3. The molecule has 2 aliphatic rings. The first-order valence-corrected chi connectivity index (χ1v) is 10.8. The maximum Gasteiger partial charge on any atom is 0.322 e. The molecule has 4 amide bonds. The highest BCUT2D eigenvalue weighted by Crippen LogP contribution is 2.25. The molecule has 0 radical (unpaired) electrons. The average Bonchev–Trinajstić information content (AvgIpc) is 2.71. The van der Waals surface area contributed by atoms with Gasteiger partial charge in [-0.15, -0.1) is 0 Å². The quantitative estimate of drug-likeness (QED) is 0.727. The molecule has 2 heterocycles. The van der Waals surface area contributed by atoms with Crippen LogP contribution in [0.15, 0.2) is 18.2 Å². The summed E-state index contributed by atoms with van der Waals surface area (Å²) in [7, 11) is 0. The SMILES string of the molecule is C[C@H]1C(=O)N(CCC(=O)N2CCC[C@H](O)C2)CCN1C(=O)Nc1ccc(Cl)c(Cl)c1. The molecule has 30 heavy (non-hydrogen) atoms. The Morgan fingerprint density at radius 3 is 2.67 bits per heavy atom. The fourth-order valence-corrected chi connectivity index (χ4v) is 4.07. The molecule has 2 saturated heterocycles. The maximum atomic E-state index is 12.7. The molecule has 2 atom stereocenters. The molecule has 8 nitrogen and oxygen atoms in total.